The van der Waals surface area contributed by atoms with Crippen LogP contribution in [0.5, 0.6) is 5.75 Å². The van der Waals surface area contributed by atoms with Crippen LogP contribution in [0.2, 0.25) is 0 Å². The first-order chi connectivity index (χ1) is 12.7. The van der Waals surface area contributed by atoms with Gasteiger partial charge < -0.3 is 10.1 Å². The standard InChI is InChI=1S/C21H25N3O2/c1-3-24(4-2)15-19-8-6-5-7-18(19)14-23-21(25)16-26-20-11-9-17(13-22)10-12-20/h5-12H,3-4,14-16H2,1-2H3,(H,23,25). The van der Waals surface area contributed by atoms with Gasteiger partial charge in [-0.1, -0.05) is 38.1 Å². The Morgan fingerprint density at radius 3 is 2.35 bits per heavy atom. The predicted molar refractivity (Wildman–Crippen MR) is 102 cm³/mol. The quantitative estimate of drug-likeness (QED) is 0.754. The highest BCUT2D eigenvalue weighted by molar-refractivity contribution is 5.77. The molecule has 0 saturated heterocycles. The summed E-state index contributed by atoms with van der Waals surface area (Å²) in [4.78, 5) is 14.4. The van der Waals surface area contributed by atoms with E-state index in [-0.39, 0.29) is 12.5 Å². The van der Waals surface area contributed by atoms with Crippen molar-refractivity contribution >= 4 is 5.91 Å². The fraction of sp³-hybridized carbons (Fsp3) is 0.333. The zero-order valence-corrected chi connectivity index (χ0v) is 15.4. The first-order valence-electron chi connectivity index (χ1n) is 8.85. The first-order valence-corrected chi connectivity index (χ1v) is 8.85. The maximum Gasteiger partial charge on any atom is 0.258 e. The van der Waals surface area contributed by atoms with Gasteiger partial charge in [-0.3, -0.25) is 9.69 Å². The van der Waals surface area contributed by atoms with E-state index in [0.29, 0.717) is 17.9 Å². The van der Waals surface area contributed by atoms with Crippen LogP contribution in [0.15, 0.2) is 48.5 Å². The van der Waals surface area contributed by atoms with Gasteiger partial charge in [-0.2, -0.15) is 5.26 Å². The van der Waals surface area contributed by atoms with Crippen LogP contribution in [0.3, 0.4) is 0 Å². The number of nitrogens with one attached hydrogen (secondary N) is 1. The molecule has 136 valence electrons. The van der Waals surface area contributed by atoms with Crippen molar-refractivity contribution in [1.29, 1.82) is 5.26 Å². The van der Waals surface area contributed by atoms with Crippen LogP contribution in [-0.4, -0.2) is 30.5 Å². The molecule has 2 rings (SSSR count). The highest BCUT2D eigenvalue weighted by Gasteiger charge is 2.08. The van der Waals surface area contributed by atoms with E-state index in [0.717, 1.165) is 25.2 Å². The molecule has 0 aromatic heterocycles. The van der Waals surface area contributed by atoms with Crippen LogP contribution in [0.4, 0.5) is 0 Å². The van der Waals surface area contributed by atoms with Crippen molar-refractivity contribution in [2.45, 2.75) is 26.9 Å². The van der Waals surface area contributed by atoms with Crippen molar-refractivity contribution in [2.24, 2.45) is 0 Å². The number of benzene rings is 2. The Balaban J connectivity index is 1.86. The molecule has 0 radical (unpaired) electrons. The summed E-state index contributed by atoms with van der Waals surface area (Å²) in [6, 6.07) is 16.9. The molecule has 0 fully saturated rings. The number of nitriles is 1. The lowest BCUT2D eigenvalue weighted by molar-refractivity contribution is -0.123. The van der Waals surface area contributed by atoms with Crippen LogP contribution >= 0.6 is 0 Å². The number of carbonyl (C=O) groups excluding carboxylic acids is 1. The van der Waals surface area contributed by atoms with E-state index in [4.69, 9.17) is 10.00 Å². The average Bonchev–Trinajstić information content (AvgIpc) is 2.70. The Bertz CT molecular complexity index is 747. The van der Waals surface area contributed by atoms with Crippen molar-refractivity contribution < 1.29 is 9.53 Å². The molecule has 2 aromatic rings. The summed E-state index contributed by atoms with van der Waals surface area (Å²) in [5.41, 5.74) is 2.90. The summed E-state index contributed by atoms with van der Waals surface area (Å²) in [6.45, 7) is 7.59. The smallest absolute Gasteiger partial charge is 0.258 e. The fourth-order valence-electron chi connectivity index (χ4n) is 2.59. The molecule has 5 nitrogen and oxygen atoms in total. The molecule has 2 aromatic carbocycles. The van der Waals surface area contributed by atoms with Gasteiger partial charge in [0.05, 0.1) is 11.6 Å². The van der Waals surface area contributed by atoms with Crippen molar-refractivity contribution in [3.8, 4) is 11.8 Å². The van der Waals surface area contributed by atoms with E-state index in [1.54, 1.807) is 24.3 Å². The number of amides is 1. The van der Waals surface area contributed by atoms with Gasteiger partial charge in [0.2, 0.25) is 0 Å². The van der Waals surface area contributed by atoms with E-state index >= 15 is 0 Å². The SMILES string of the molecule is CCN(CC)Cc1ccccc1CNC(=O)COc1ccc(C#N)cc1. The molecule has 26 heavy (non-hydrogen) atoms. The summed E-state index contributed by atoms with van der Waals surface area (Å²) in [6.07, 6.45) is 0. The molecule has 1 amide bonds. The van der Waals surface area contributed by atoms with Gasteiger partial charge in [0, 0.05) is 13.1 Å². The highest BCUT2D eigenvalue weighted by Crippen LogP contribution is 2.13. The topological polar surface area (TPSA) is 65.4 Å². The number of hydrogen-bond donors (Lipinski definition) is 1. The third kappa shape index (κ3) is 5.91. The molecule has 0 aliphatic heterocycles. The van der Waals surface area contributed by atoms with Crippen LogP contribution in [0, 0.1) is 11.3 Å². The highest BCUT2D eigenvalue weighted by atomic mass is 16.5. The van der Waals surface area contributed by atoms with Crippen LogP contribution in [0.25, 0.3) is 0 Å². The molecular formula is C21H25N3O2. The predicted octanol–water partition coefficient (Wildman–Crippen LogP) is 3.10. The minimum Gasteiger partial charge on any atom is -0.484 e. The summed E-state index contributed by atoms with van der Waals surface area (Å²) in [5.74, 6) is 0.396. The van der Waals surface area contributed by atoms with E-state index in [9.17, 15) is 4.79 Å². The van der Waals surface area contributed by atoms with E-state index in [2.05, 4.69) is 30.1 Å². The minimum atomic E-state index is -0.174. The van der Waals surface area contributed by atoms with E-state index in [1.165, 1.54) is 5.56 Å². The van der Waals surface area contributed by atoms with Gasteiger partial charge in [-0.05, 0) is 48.5 Å². The molecule has 0 bridgehead atoms. The van der Waals surface area contributed by atoms with Crippen molar-refractivity contribution in [2.75, 3.05) is 19.7 Å². The lowest BCUT2D eigenvalue weighted by Gasteiger charge is -2.20. The largest absolute Gasteiger partial charge is 0.484 e. The van der Waals surface area contributed by atoms with Crippen LogP contribution in [-0.2, 0) is 17.9 Å². The number of hydrogen-bond acceptors (Lipinski definition) is 4. The maximum atomic E-state index is 12.1. The third-order valence-corrected chi connectivity index (χ3v) is 4.24. The average molecular weight is 351 g/mol. The molecule has 0 unspecified atom stereocenters. The Labute approximate surface area is 155 Å². The molecule has 0 atom stereocenters. The molecule has 1 N–H and O–H groups in total. The summed E-state index contributed by atoms with van der Waals surface area (Å²) in [7, 11) is 0. The summed E-state index contributed by atoms with van der Waals surface area (Å²) in [5, 5.41) is 11.7. The normalized spacial score (nSPS) is 10.4. The molecule has 0 heterocycles. The van der Waals surface area contributed by atoms with Gasteiger partial charge in [0.25, 0.3) is 5.91 Å². The maximum absolute atomic E-state index is 12.1. The van der Waals surface area contributed by atoms with Crippen LogP contribution in [0.1, 0.15) is 30.5 Å². The number of nitrogens with zero attached hydrogens (tertiary/aromatic N) is 2. The number of carbonyl (C=O) groups is 1. The van der Waals surface area contributed by atoms with Gasteiger partial charge in [0.15, 0.2) is 6.61 Å². The van der Waals surface area contributed by atoms with Crippen molar-refractivity contribution in [3.63, 3.8) is 0 Å². The minimum absolute atomic E-state index is 0.0515. The zero-order chi connectivity index (χ0) is 18.8. The second-order valence-corrected chi connectivity index (χ2v) is 5.93. The van der Waals surface area contributed by atoms with Gasteiger partial charge in [-0.15, -0.1) is 0 Å². The van der Waals surface area contributed by atoms with Crippen molar-refractivity contribution in [1.82, 2.24) is 10.2 Å². The van der Waals surface area contributed by atoms with Gasteiger partial charge in [-0.25, -0.2) is 0 Å². The summed E-state index contributed by atoms with van der Waals surface area (Å²) >= 11 is 0. The lowest BCUT2D eigenvalue weighted by Crippen LogP contribution is -2.29. The third-order valence-electron chi connectivity index (χ3n) is 4.24. The van der Waals surface area contributed by atoms with Gasteiger partial charge in [0.1, 0.15) is 5.75 Å². The lowest BCUT2D eigenvalue weighted by atomic mass is 10.1. The zero-order valence-electron chi connectivity index (χ0n) is 15.4. The molecule has 0 spiro atoms. The summed E-state index contributed by atoms with van der Waals surface area (Å²) < 4.78 is 5.46. The first kappa shape index (κ1) is 19.5. The molecular weight excluding hydrogens is 326 g/mol. The van der Waals surface area contributed by atoms with E-state index in [1.807, 2.05) is 24.3 Å². The Hall–Kier alpha value is -2.84. The van der Waals surface area contributed by atoms with Crippen LogP contribution < -0.4 is 10.1 Å². The second-order valence-electron chi connectivity index (χ2n) is 5.93. The Kier molecular flexibility index (Phi) is 7.66. The number of rotatable bonds is 9. The molecule has 0 aliphatic carbocycles. The Morgan fingerprint density at radius 1 is 1.08 bits per heavy atom. The monoisotopic (exact) mass is 351 g/mol. The van der Waals surface area contributed by atoms with E-state index < -0.39 is 0 Å². The molecule has 5 heteroatoms. The van der Waals surface area contributed by atoms with Crippen molar-refractivity contribution in [3.05, 3.63) is 65.2 Å². The molecule has 0 saturated carbocycles. The molecule has 0 aliphatic rings. The fourth-order valence-corrected chi connectivity index (χ4v) is 2.59. The second kappa shape index (κ2) is 10.2. The Morgan fingerprint density at radius 2 is 1.73 bits per heavy atom. The van der Waals surface area contributed by atoms with Gasteiger partial charge >= 0.3 is 0 Å². The number of ether oxygens (including phenoxy) is 1.